The molecule has 1 N–H and O–H groups in total. The molecule has 130 valence electrons. The van der Waals surface area contributed by atoms with Crippen LogP contribution in [0.25, 0.3) is 0 Å². The van der Waals surface area contributed by atoms with E-state index < -0.39 is 44.1 Å². The molecule has 1 rings (SSSR count). The summed E-state index contributed by atoms with van der Waals surface area (Å²) in [7, 11) is -3.72. The molecular weight excluding hydrogens is 326 g/mol. The van der Waals surface area contributed by atoms with Crippen molar-refractivity contribution in [3.05, 3.63) is 12.2 Å². The molecule has 0 radical (unpaired) electrons. The number of esters is 1. The van der Waals surface area contributed by atoms with Crippen LogP contribution in [0.1, 0.15) is 34.1 Å². The Morgan fingerprint density at radius 2 is 1.65 bits per heavy atom. The number of amides is 2. The Balaban J connectivity index is 3.19. The first-order chi connectivity index (χ1) is 10.2. The van der Waals surface area contributed by atoms with Gasteiger partial charge in [0.2, 0.25) is 0 Å². The van der Waals surface area contributed by atoms with Crippen LogP contribution in [0.3, 0.4) is 0 Å². The zero-order chi connectivity index (χ0) is 18.2. The normalized spacial score (nSPS) is 17.6. The number of nitrogens with zero attached hydrogens (tertiary/aromatic N) is 1. The van der Waals surface area contributed by atoms with E-state index in [9.17, 15) is 27.4 Å². The Morgan fingerprint density at radius 1 is 1.22 bits per heavy atom. The third-order valence-corrected chi connectivity index (χ3v) is 5.15. The van der Waals surface area contributed by atoms with Gasteiger partial charge >= 0.3 is 5.97 Å². The molecule has 1 atom stereocenters. The SMILES string of the molecule is COC(=O)C(C(C)(C)CC(C)(C)N1C(=O)C=CC1=O)S(=O)(=O)O. The lowest BCUT2D eigenvalue weighted by Crippen LogP contribution is -2.53. The second kappa shape index (κ2) is 6.04. The highest BCUT2D eigenvalue weighted by atomic mass is 32.2. The monoisotopic (exact) mass is 347 g/mol. The molecule has 23 heavy (non-hydrogen) atoms. The molecule has 0 aromatic carbocycles. The maximum absolute atomic E-state index is 11.8. The Morgan fingerprint density at radius 3 is 2.00 bits per heavy atom. The topological polar surface area (TPSA) is 118 Å². The van der Waals surface area contributed by atoms with Crippen molar-refractivity contribution in [3.8, 4) is 0 Å². The number of carbonyl (C=O) groups excluding carboxylic acids is 3. The summed E-state index contributed by atoms with van der Waals surface area (Å²) < 4.78 is 37.1. The Labute approximate surface area is 135 Å². The van der Waals surface area contributed by atoms with Crippen LogP contribution in [0.4, 0.5) is 0 Å². The largest absolute Gasteiger partial charge is 0.468 e. The number of hydrogen-bond donors (Lipinski definition) is 1. The maximum Gasteiger partial charge on any atom is 0.327 e. The first-order valence-corrected chi connectivity index (χ1v) is 8.35. The smallest absolute Gasteiger partial charge is 0.327 e. The molecule has 2 amide bonds. The lowest BCUT2D eigenvalue weighted by Gasteiger charge is -2.41. The molecule has 1 unspecified atom stereocenters. The van der Waals surface area contributed by atoms with Gasteiger partial charge in [-0.1, -0.05) is 13.8 Å². The van der Waals surface area contributed by atoms with Crippen LogP contribution in [0.15, 0.2) is 12.2 Å². The van der Waals surface area contributed by atoms with E-state index in [1.165, 1.54) is 13.8 Å². The molecule has 1 heterocycles. The van der Waals surface area contributed by atoms with Crippen LogP contribution >= 0.6 is 0 Å². The Kier molecular flexibility index (Phi) is 5.07. The number of hydrogen-bond acceptors (Lipinski definition) is 6. The van der Waals surface area contributed by atoms with Gasteiger partial charge in [-0.2, -0.15) is 8.42 Å². The number of ether oxygens (including phenoxy) is 1. The van der Waals surface area contributed by atoms with E-state index in [1.807, 2.05) is 0 Å². The summed E-state index contributed by atoms with van der Waals surface area (Å²) in [5, 5.41) is -1.83. The molecule has 8 nitrogen and oxygen atoms in total. The van der Waals surface area contributed by atoms with E-state index in [2.05, 4.69) is 4.74 Å². The summed E-state index contributed by atoms with van der Waals surface area (Å²) >= 11 is 0. The second-order valence-corrected chi connectivity index (χ2v) is 8.24. The highest BCUT2D eigenvalue weighted by molar-refractivity contribution is 7.87. The van der Waals surface area contributed by atoms with Crippen molar-refractivity contribution in [1.82, 2.24) is 4.90 Å². The zero-order valence-corrected chi connectivity index (χ0v) is 14.5. The van der Waals surface area contributed by atoms with Gasteiger partial charge in [-0.3, -0.25) is 23.8 Å². The third kappa shape index (κ3) is 3.97. The number of rotatable bonds is 6. The predicted molar refractivity (Wildman–Crippen MR) is 80.8 cm³/mol. The first kappa shape index (κ1) is 19.3. The van der Waals surface area contributed by atoms with Crippen LogP contribution in [0, 0.1) is 5.41 Å². The minimum atomic E-state index is -4.74. The highest BCUT2D eigenvalue weighted by Crippen LogP contribution is 2.38. The van der Waals surface area contributed by atoms with Crippen LogP contribution in [-0.2, 0) is 29.2 Å². The summed E-state index contributed by atoms with van der Waals surface area (Å²) in [6, 6.07) is 0. The summed E-state index contributed by atoms with van der Waals surface area (Å²) in [4.78, 5) is 36.5. The van der Waals surface area contributed by atoms with Crippen molar-refractivity contribution in [3.63, 3.8) is 0 Å². The van der Waals surface area contributed by atoms with E-state index >= 15 is 0 Å². The van der Waals surface area contributed by atoms with Crippen molar-refractivity contribution >= 4 is 27.9 Å². The number of imide groups is 1. The van der Waals surface area contributed by atoms with Crippen molar-refractivity contribution in [2.75, 3.05) is 7.11 Å². The fraction of sp³-hybridized carbons (Fsp3) is 0.643. The molecule has 1 aliphatic heterocycles. The fourth-order valence-electron chi connectivity index (χ4n) is 3.23. The molecule has 0 fully saturated rings. The molecule has 0 saturated heterocycles. The van der Waals surface area contributed by atoms with Gasteiger partial charge in [0.05, 0.1) is 7.11 Å². The van der Waals surface area contributed by atoms with E-state index in [1.54, 1.807) is 13.8 Å². The average Bonchev–Trinajstić information content (AvgIpc) is 2.65. The molecule has 0 aliphatic carbocycles. The van der Waals surface area contributed by atoms with E-state index in [-0.39, 0.29) is 6.42 Å². The summed E-state index contributed by atoms with van der Waals surface area (Å²) in [6.45, 7) is 6.05. The van der Waals surface area contributed by atoms with Gasteiger partial charge in [0.15, 0.2) is 5.25 Å². The van der Waals surface area contributed by atoms with Crippen molar-refractivity contribution in [2.24, 2.45) is 5.41 Å². The molecule has 0 aromatic rings. The van der Waals surface area contributed by atoms with Gasteiger partial charge in [0.1, 0.15) is 0 Å². The minimum Gasteiger partial charge on any atom is -0.468 e. The standard InChI is InChI=1S/C14H21NO7S/c1-13(2,11(12(18)22-5)23(19,20)21)8-14(3,4)15-9(16)6-7-10(15)17/h6-7,11H,8H2,1-5H3,(H,19,20,21). The molecular formula is C14H21NO7S. The number of methoxy groups -OCH3 is 1. The van der Waals surface area contributed by atoms with E-state index in [4.69, 9.17) is 0 Å². The van der Waals surface area contributed by atoms with Gasteiger partial charge in [0, 0.05) is 17.7 Å². The lowest BCUT2D eigenvalue weighted by molar-refractivity contribution is -0.145. The molecule has 0 spiro atoms. The van der Waals surface area contributed by atoms with Crippen LogP contribution < -0.4 is 0 Å². The van der Waals surface area contributed by atoms with Gasteiger partial charge in [0.25, 0.3) is 21.9 Å². The van der Waals surface area contributed by atoms with E-state index in [0.717, 1.165) is 24.2 Å². The summed E-state index contributed by atoms with van der Waals surface area (Å²) in [5.41, 5.74) is -2.37. The van der Waals surface area contributed by atoms with Crippen LogP contribution in [0.2, 0.25) is 0 Å². The maximum atomic E-state index is 11.8. The predicted octanol–water partition coefficient (Wildman–Crippen LogP) is 0.536. The summed E-state index contributed by atoms with van der Waals surface area (Å²) in [5.74, 6) is -2.14. The Bertz CT molecular complexity index is 643. The average molecular weight is 347 g/mol. The second-order valence-electron chi connectivity index (χ2n) is 6.74. The van der Waals surface area contributed by atoms with Crippen LogP contribution in [0.5, 0.6) is 0 Å². The first-order valence-electron chi connectivity index (χ1n) is 6.84. The van der Waals surface area contributed by atoms with Crippen molar-refractivity contribution < 1.29 is 32.1 Å². The number of carbonyl (C=O) groups is 3. The van der Waals surface area contributed by atoms with Gasteiger partial charge in [-0.25, -0.2) is 0 Å². The molecule has 0 saturated carbocycles. The molecule has 0 bridgehead atoms. The Hall–Kier alpha value is -1.74. The van der Waals surface area contributed by atoms with Gasteiger partial charge in [-0.15, -0.1) is 0 Å². The van der Waals surface area contributed by atoms with Crippen molar-refractivity contribution in [1.29, 1.82) is 0 Å². The van der Waals surface area contributed by atoms with Crippen LogP contribution in [-0.4, -0.2) is 53.6 Å². The quantitative estimate of drug-likeness (QED) is 0.423. The van der Waals surface area contributed by atoms with Gasteiger partial charge < -0.3 is 4.74 Å². The lowest BCUT2D eigenvalue weighted by atomic mass is 9.76. The summed E-state index contributed by atoms with van der Waals surface area (Å²) in [6.07, 6.45) is 2.20. The fourth-order valence-corrected chi connectivity index (χ4v) is 4.46. The zero-order valence-electron chi connectivity index (χ0n) is 13.7. The highest BCUT2D eigenvalue weighted by Gasteiger charge is 2.50. The van der Waals surface area contributed by atoms with Crippen molar-refractivity contribution in [2.45, 2.75) is 44.9 Å². The molecule has 9 heteroatoms. The molecule has 0 aromatic heterocycles. The minimum absolute atomic E-state index is 0.0429. The third-order valence-electron chi connectivity index (χ3n) is 3.73. The molecule has 1 aliphatic rings. The van der Waals surface area contributed by atoms with Gasteiger partial charge in [-0.05, 0) is 25.7 Å². The van der Waals surface area contributed by atoms with E-state index in [0.29, 0.717) is 0 Å².